The van der Waals surface area contributed by atoms with Crippen LogP contribution in [0.5, 0.6) is 0 Å². The second-order valence-corrected chi connectivity index (χ2v) is 6.69. The quantitative estimate of drug-likeness (QED) is 0.181. The van der Waals surface area contributed by atoms with E-state index in [1.807, 2.05) is 0 Å². The van der Waals surface area contributed by atoms with Crippen molar-refractivity contribution in [2.45, 2.75) is 6.42 Å². The summed E-state index contributed by atoms with van der Waals surface area (Å²) in [6.07, 6.45) is 2.93. The van der Waals surface area contributed by atoms with Crippen LogP contribution in [-0.2, 0) is 9.53 Å². The molecule has 0 radical (unpaired) electrons. The molecule has 0 saturated carbocycles. The minimum absolute atomic E-state index is 0.0102. The van der Waals surface area contributed by atoms with Crippen LogP contribution in [-0.4, -0.2) is 40.8 Å². The molecule has 3 rings (SSSR count). The first-order valence-electron chi connectivity index (χ1n) is 8.01. The van der Waals surface area contributed by atoms with E-state index < -0.39 is 10.9 Å². The summed E-state index contributed by atoms with van der Waals surface area (Å²) >= 11 is 0.947. The van der Waals surface area contributed by atoms with Crippen LogP contribution in [0.15, 0.2) is 42.5 Å². The van der Waals surface area contributed by atoms with Crippen molar-refractivity contribution in [2.24, 2.45) is 0 Å². The molecule has 2 amide bonds. The molecule has 2 aromatic rings. The number of nitro groups is 1. The summed E-state index contributed by atoms with van der Waals surface area (Å²) in [5, 5.41) is 10.6. The number of esters is 1. The summed E-state index contributed by atoms with van der Waals surface area (Å²) in [5.41, 5.74) is 0.764. The monoisotopic (exact) mass is 386 g/mol. The van der Waals surface area contributed by atoms with Crippen molar-refractivity contribution in [3.63, 3.8) is 0 Å². The number of hydrogen-bond donors (Lipinski definition) is 0. The molecule has 0 aliphatic carbocycles. The number of carbonyl (C=O) groups excluding carboxylic acids is 3. The third kappa shape index (κ3) is 4.09. The zero-order chi connectivity index (χ0) is 19.4. The van der Waals surface area contributed by atoms with Crippen molar-refractivity contribution < 1.29 is 24.0 Å². The van der Waals surface area contributed by atoms with Crippen molar-refractivity contribution in [1.29, 1.82) is 0 Å². The summed E-state index contributed by atoms with van der Waals surface area (Å²) in [5.74, 6) is -1.30. The van der Waals surface area contributed by atoms with Crippen molar-refractivity contribution >= 4 is 40.2 Å². The van der Waals surface area contributed by atoms with Gasteiger partial charge in [-0.1, -0.05) is 23.5 Å². The van der Waals surface area contributed by atoms with E-state index in [0.717, 1.165) is 16.2 Å². The molecule has 0 N–H and O–H groups in total. The molecular formula is C18H14N2O6S. The van der Waals surface area contributed by atoms with Gasteiger partial charge in [-0.2, -0.15) is 0 Å². The number of imide groups is 1. The van der Waals surface area contributed by atoms with Crippen molar-refractivity contribution in [3.05, 3.63) is 68.6 Å². The smallest absolute Gasteiger partial charge is 0.330 e. The average Bonchev–Trinajstić information content (AvgIpc) is 3.23. The van der Waals surface area contributed by atoms with E-state index in [9.17, 15) is 24.5 Å². The van der Waals surface area contributed by atoms with Crippen molar-refractivity contribution in [2.75, 3.05) is 13.2 Å². The van der Waals surface area contributed by atoms with Gasteiger partial charge < -0.3 is 4.74 Å². The van der Waals surface area contributed by atoms with E-state index in [-0.39, 0.29) is 30.0 Å². The zero-order valence-corrected chi connectivity index (χ0v) is 14.8. The normalized spacial score (nSPS) is 13.3. The Hall–Kier alpha value is -3.33. The third-order valence-electron chi connectivity index (χ3n) is 3.82. The van der Waals surface area contributed by atoms with Crippen molar-refractivity contribution in [3.8, 4) is 0 Å². The maximum atomic E-state index is 12.2. The van der Waals surface area contributed by atoms with E-state index in [2.05, 4.69) is 0 Å². The van der Waals surface area contributed by atoms with Crippen LogP contribution in [0.3, 0.4) is 0 Å². The highest BCUT2D eigenvalue weighted by Crippen LogP contribution is 2.25. The van der Waals surface area contributed by atoms with Crippen LogP contribution >= 0.6 is 11.3 Å². The molecular weight excluding hydrogens is 372 g/mol. The van der Waals surface area contributed by atoms with Gasteiger partial charge in [0.2, 0.25) is 0 Å². The van der Waals surface area contributed by atoms with Gasteiger partial charge in [0.25, 0.3) is 11.8 Å². The third-order valence-corrected chi connectivity index (χ3v) is 4.83. The van der Waals surface area contributed by atoms with E-state index >= 15 is 0 Å². The predicted octanol–water partition coefficient (Wildman–Crippen LogP) is 2.90. The molecule has 0 saturated heterocycles. The summed E-state index contributed by atoms with van der Waals surface area (Å²) < 4.78 is 5.02. The summed E-state index contributed by atoms with van der Waals surface area (Å²) in [6.45, 7) is 0.196. The number of nitrogens with zero attached hydrogens (tertiary/aromatic N) is 2. The highest BCUT2D eigenvalue weighted by Gasteiger charge is 2.34. The fourth-order valence-electron chi connectivity index (χ4n) is 2.57. The Morgan fingerprint density at radius 2 is 1.81 bits per heavy atom. The lowest BCUT2D eigenvalue weighted by molar-refractivity contribution is -0.380. The van der Waals surface area contributed by atoms with E-state index in [4.69, 9.17) is 4.74 Å². The lowest BCUT2D eigenvalue weighted by atomic mass is 10.1. The van der Waals surface area contributed by atoms with Gasteiger partial charge in [-0.3, -0.25) is 24.6 Å². The van der Waals surface area contributed by atoms with Crippen LogP contribution in [0, 0.1) is 10.1 Å². The molecule has 1 aromatic carbocycles. The van der Waals surface area contributed by atoms with E-state index in [1.165, 1.54) is 24.3 Å². The summed E-state index contributed by atoms with van der Waals surface area (Å²) in [6, 6.07) is 9.50. The molecule has 0 spiro atoms. The van der Waals surface area contributed by atoms with Crippen LogP contribution in [0.4, 0.5) is 5.00 Å². The van der Waals surface area contributed by atoms with Crippen LogP contribution < -0.4 is 0 Å². The predicted molar refractivity (Wildman–Crippen MR) is 97.4 cm³/mol. The molecule has 0 fully saturated rings. The number of benzene rings is 1. The lowest BCUT2D eigenvalue weighted by Crippen LogP contribution is -2.31. The molecule has 0 bridgehead atoms. The summed E-state index contributed by atoms with van der Waals surface area (Å²) in [4.78, 5) is 47.8. The number of fused-ring (bicyclic) bond motifs is 1. The van der Waals surface area contributed by atoms with Gasteiger partial charge in [0, 0.05) is 23.6 Å². The van der Waals surface area contributed by atoms with E-state index in [0.29, 0.717) is 22.4 Å². The Morgan fingerprint density at radius 3 is 2.41 bits per heavy atom. The maximum absolute atomic E-state index is 12.2. The number of thiophene rings is 1. The van der Waals surface area contributed by atoms with Gasteiger partial charge in [0.05, 0.1) is 22.7 Å². The van der Waals surface area contributed by atoms with Crippen LogP contribution in [0.2, 0.25) is 0 Å². The summed E-state index contributed by atoms with van der Waals surface area (Å²) in [7, 11) is 0. The van der Waals surface area contributed by atoms with Gasteiger partial charge in [-0.15, -0.1) is 0 Å². The van der Waals surface area contributed by atoms with Gasteiger partial charge in [-0.05, 0) is 30.7 Å². The minimum Gasteiger partial charge on any atom is -0.462 e. The molecule has 0 unspecified atom stereocenters. The number of hydrogen-bond acceptors (Lipinski definition) is 7. The van der Waals surface area contributed by atoms with E-state index in [1.54, 1.807) is 24.3 Å². The molecule has 9 heteroatoms. The molecule has 2 heterocycles. The highest BCUT2D eigenvalue weighted by molar-refractivity contribution is 7.16. The molecule has 1 aromatic heterocycles. The number of amides is 2. The molecule has 0 atom stereocenters. The maximum Gasteiger partial charge on any atom is 0.330 e. The van der Waals surface area contributed by atoms with Crippen LogP contribution in [0.1, 0.15) is 32.0 Å². The Bertz CT molecular complexity index is 914. The van der Waals surface area contributed by atoms with Gasteiger partial charge in [-0.25, -0.2) is 4.79 Å². The Labute approximate surface area is 157 Å². The average molecular weight is 386 g/mol. The number of rotatable bonds is 7. The standard InChI is InChI=1S/C18H14N2O6S/c21-16(9-7-12-6-8-15(27-12)20(24)25)26-11-3-10-19-17(22)13-4-1-2-5-14(13)18(19)23/h1-2,4-9H,3,10-11H2/b9-7+. The second-order valence-electron chi connectivity index (χ2n) is 5.60. The minimum atomic E-state index is -0.603. The van der Waals surface area contributed by atoms with Gasteiger partial charge in [0.15, 0.2) is 0 Å². The van der Waals surface area contributed by atoms with Crippen molar-refractivity contribution in [1.82, 2.24) is 4.90 Å². The second kappa shape index (κ2) is 7.92. The molecule has 8 nitrogen and oxygen atoms in total. The highest BCUT2D eigenvalue weighted by atomic mass is 32.1. The van der Waals surface area contributed by atoms with Crippen LogP contribution in [0.25, 0.3) is 6.08 Å². The fraction of sp³-hybridized carbons (Fsp3) is 0.167. The van der Waals surface area contributed by atoms with Gasteiger partial charge in [0.1, 0.15) is 0 Å². The molecule has 1 aliphatic heterocycles. The zero-order valence-electron chi connectivity index (χ0n) is 14.0. The molecule has 27 heavy (non-hydrogen) atoms. The molecule has 138 valence electrons. The Kier molecular flexibility index (Phi) is 5.41. The Balaban J connectivity index is 1.44. The first kappa shape index (κ1) is 18.5. The number of carbonyl (C=O) groups is 3. The lowest BCUT2D eigenvalue weighted by Gasteiger charge is -2.13. The fourth-order valence-corrected chi connectivity index (χ4v) is 3.29. The largest absolute Gasteiger partial charge is 0.462 e. The topological polar surface area (TPSA) is 107 Å². The van der Waals surface area contributed by atoms with Gasteiger partial charge >= 0.3 is 11.0 Å². The Morgan fingerprint density at radius 1 is 1.15 bits per heavy atom. The SMILES string of the molecule is O=C(/C=C/c1ccc([N+](=O)[O-])s1)OCCCN1C(=O)c2ccccc2C1=O. The first-order chi connectivity index (χ1) is 13.0. The number of ether oxygens (including phenoxy) is 1. The molecule has 1 aliphatic rings. The first-order valence-corrected chi connectivity index (χ1v) is 8.83.